The molecule has 1 heterocycles. The van der Waals surface area contributed by atoms with E-state index in [1.165, 1.54) is 11.3 Å². The molecule has 0 saturated heterocycles. The molecule has 0 radical (unpaired) electrons. The third kappa shape index (κ3) is 2.37. The van der Waals surface area contributed by atoms with Crippen LogP contribution in [0.3, 0.4) is 0 Å². The van der Waals surface area contributed by atoms with Crippen LogP contribution < -0.4 is 5.32 Å². The minimum absolute atomic E-state index is 0.580. The molecule has 0 bridgehead atoms. The Morgan fingerprint density at radius 2 is 1.45 bits per heavy atom. The number of thiophene rings is 1. The molecule has 1 nitrogen and oxygen atoms in total. The van der Waals surface area contributed by atoms with Crippen LogP contribution in [-0.4, -0.2) is 0 Å². The normalized spacial score (nSPS) is 12.6. The van der Waals surface area contributed by atoms with E-state index in [1.54, 1.807) is 25.3 Å². The van der Waals surface area contributed by atoms with Crippen LogP contribution in [-0.2, 0) is 0 Å². The molecule has 0 saturated carbocycles. The standard InChI is InChI=1S/C13H10F5NS/c1-5-3-4-20-13(5)6(2)19-12-10(17)8(15)7(14)9(16)11(12)18/h3-4,6,19H,1-2H3. The summed E-state index contributed by atoms with van der Waals surface area (Å²) in [6.07, 6.45) is 0. The minimum atomic E-state index is -2.16. The quantitative estimate of drug-likeness (QED) is 0.482. The van der Waals surface area contributed by atoms with E-state index < -0.39 is 40.8 Å². The Balaban J connectivity index is 2.42. The van der Waals surface area contributed by atoms with Gasteiger partial charge in [-0.15, -0.1) is 11.3 Å². The van der Waals surface area contributed by atoms with Crippen molar-refractivity contribution in [3.8, 4) is 0 Å². The fraction of sp³-hybridized carbons (Fsp3) is 0.231. The third-order valence-corrected chi connectivity index (χ3v) is 4.07. The summed E-state index contributed by atoms with van der Waals surface area (Å²) in [7, 11) is 0. The summed E-state index contributed by atoms with van der Waals surface area (Å²) in [5, 5.41) is 4.12. The first-order valence-corrected chi connectivity index (χ1v) is 6.54. The summed E-state index contributed by atoms with van der Waals surface area (Å²) in [4.78, 5) is 0.758. The van der Waals surface area contributed by atoms with E-state index in [2.05, 4.69) is 5.32 Å². The maximum absolute atomic E-state index is 13.5. The highest BCUT2D eigenvalue weighted by molar-refractivity contribution is 7.10. The van der Waals surface area contributed by atoms with E-state index in [-0.39, 0.29) is 0 Å². The van der Waals surface area contributed by atoms with E-state index in [9.17, 15) is 22.0 Å². The molecule has 2 rings (SSSR count). The first-order chi connectivity index (χ1) is 9.34. The van der Waals surface area contributed by atoms with Gasteiger partial charge in [-0.3, -0.25) is 0 Å². The summed E-state index contributed by atoms with van der Waals surface area (Å²) in [5.41, 5.74) is -0.138. The molecule has 0 spiro atoms. The summed E-state index contributed by atoms with van der Waals surface area (Å²) < 4.78 is 66.1. The summed E-state index contributed by atoms with van der Waals surface area (Å²) in [6.45, 7) is 3.37. The summed E-state index contributed by atoms with van der Waals surface area (Å²) in [5.74, 6) is -9.79. The van der Waals surface area contributed by atoms with Gasteiger partial charge >= 0.3 is 0 Å². The van der Waals surface area contributed by atoms with Crippen molar-refractivity contribution in [3.63, 3.8) is 0 Å². The zero-order chi connectivity index (χ0) is 15.0. The number of benzene rings is 1. The second kappa shape index (κ2) is 5.40. The van der Waals surface area contributed by atoms with E-state index in [0.717, 1.165) is 10.4 Å². The Labute approximate surface area is 116 Å². The lowest BCUT2D eigenvalue weighted by Gasteiger charge is -2.17. The Morgan fingerprint density at radius 1 is 0.950 bits per heavy atom. The molecular formula is C13H10F5NS. The van der Waals surface area contributed by atoms with Crippen LogP contribution in [0.5, 0.6) is 0 Å². The summed E-state index contributed by atoms with van der Waals surface area (Å²) in [6, 6.07) is 1.22. The van der Waals surface area contributed by atoms with Gasteiger partial charge in [0.25, 0.3) is 0 Å². The van der Waals surface area contributed by atoms with E-state index >= 15 is 0 Å². The fourth-order valence-electron chi connectivity index (χ4n) is 1.84. The zero-order valence-corrected chi connectivity index (χ0v) is 11.3. The van der Waals surface area contributed by atoms with Gasteiger partial charge in [0.2, 0.25) is 5.82 Å². The predicted octanol–water partition coefficient (Wildman–Crippen LogP) is 4.93. The average Bonchev–Trinajstić information content (AvgIpc) is 2.85. The van der Waals surface area contributed by atoms with Gasteiger partial charge in [-0.05, 0) is 30.9 Å². The highest BCUT2D eigenvalue weighted by atomic mass is 32.1. The van der Waals surface area contributed by atoms with Crippen LogP contribution in [0.25, 0.3) is 0 Å². The number of nitrogens with one attached hydrogen (secondary N) is 1. The maximum atomic E-state index is 13.5. The summed E-state index contributed by atoms with van der Waals surface area (Å²) >= 11 is 1.33. The number of hydrogen-bond donors (Lipinski definition) is 1. The number of halogens is 5. The van der Waals surface area contributed by atoms with Crippen LogP contribution in [0.2, 0.25) is 0 Å². The second-order valence-electron chi connectivity index (χ2n) is 4.28. The van der Waals surface area contributed by atoms with Gasteiger partial charge in [-0.25, -0.2) is 22.0 Å². The molecular weight excluding hydrogens is 297 g/mol. The molecule has 1 aromatic heterocycles. The van der Waals surface area contributed by atoms with Crippen LogP contribution in [0.4, 0.5) is 27.6 Å². The number of hydrogen-bond acceptors (Lipinski definition) is 2. The van der Waals surface area contributed by atoms with Crippen LogP contribution in [0.15, 0.2) is 11.4 Å². The average molecular weight is 307 g/mol. The van der Waals surface area contributed by atoms with Gasteiger partial charge in [-0.2, -0.15) is 0 Å². The fourth-order valence-corrected chi connectivity index (χ4v) is 2.78. The largest absolute Gasteiger partial charge is 0.373 e. The molecule has 108 valence electrons. The van der Waals surface area contributed by atoms with Crippen molar-refractivity contribution in [2.45, 2.75) is 19.9 Å². The lowest BCUT2D eigenvalue weighted by Crippen LogP contribution is -2.13. The van der Waals surface area contributed by atoms with E-state index in [0.29, 0.717) is 0 Å². The molecule has 0 aliphatic rings. The van der Waals surface area contributed by atoms with Gasteiger partial charge in [0.05, 0.1) is 6.04 Å². The van der Waals surface area contributed by atoms with Gasteiger partial charge in [0, 0.05) is 4.88 Å². The van der Waals surface area contributed by atoms with Crippen LogP contribution >= 0.6 is 11.3 Å². The molecule has 1 atom stereocenters. The van der Waals surface area contributed by atoms with Gasteiger partial charge in [0.15, 0.2) is 23.3 Å². The van der Waals surface area contributed by atoms with Crippen molar-refractivity contribution in [2.75, 3.05) is 5.32 Å². The zero-order valence-electron chi connectivity index (χ0n) is 10.5. The number of rotatable bonds is 3. The Morgan fingerprint density at radius 3 is 1.90 bits per heavy atom. The first kappa shape index (κ1) is 14.8. The molecule has 7 heteroatoms. The topological polar surface area (TPSA) is 12.0 Å². The van der Waals surface area contributed by atoms with Gasteiger partial charge in [0.1, 0.15) is 5.69 Å². The molecule has 1 N–H and O–H groups in total. The van der Waals surface area contributed by atoms with E-state index in [4.69, 9.17) is 0 Å². The molecule has 1 aromatic carbocycles. The molecule has 1 unspecified atom stereocenters. The highest BCUT2D eigenvalue weighted by Gasteiger charge is 2.27. The number of aryl methyl sites for hydroxylation is 1. The second-order valence-corrected chi connectivity index (χ2v) is 5.23. The Hall–Kier alpha value is -1.63. The smallest absolute Gasteiger partial charge is 0.200 e. The van der Waals surface area contributed by atoms with Crippen LogP contribution in [0.1, 0.15) is 23.4 Å². The lowest BCUT2D eigenvalue weighted by atomic mass is 10.1. The van der Waals surface area contributed by atoms with Crippen molar-refractivity contribution in [3.05, 3.63) is 51.0 Å². The molecule has 0 aliphatic carbocycles. The molecule has 0 fully saturated rings. The van der Waals surface area contributed by atoms with Gasteiger partial charge < -0.3 is 5.32 Å². The molecule has 20 heavy (non-hydrogen) atoms. The highest BCUT2D eigenvalue weighted by Crippen LogP contribution is 2.32. The predicted molar refractivity (Wildman–Crippen MR) is 67.3 cm³/mol. The van der Waals surface area contributed by atoms with Crippen molar-refractivity contribution >= 4 is 17.0 Å². The first-order valence-electron chi connectivity index (χ1n) is 5.66. The molecule has 0 amide bonds. The van der Waals surface area contributed by atoms with Gasteiger partial charge in [-0.1, -0.05) is 0 Å². The lowest BCUT2D eigenvalue weighted by molar-refractivity contribution is 0.381. The Kier molecular flexibility index (Phi) is 3.99. The maximum Gasteiger partial charge on any atom is 0.200 e. The number of anilines is 1. The molecule has 0 aliphatic heterocycles. The van der Waals surface area contributed by atoms with Crippen molar-refractivity contribution in [2.24, 2.45) is 0 Å². The minimum Gasteiger partial charge on any atom is -0.373 e. The Bertz CT molecular complexity index is 623. The van der Waals surface area contributed by atoms with Crippen LogP contribution in [0, 0.1) is 36.0 Å². The molecule has 2 aromatic rings. The van der Waals surface area contributed by atoms with Crippen molar-refractivity contribution in [1.82, 2.24) is 0 Å². The van der Waals surface area contributed by atoms with E-state index in [1.807, 2.05) is 0 Å². The van der Waals surface area contributed by atoms with Crippen molar-refractivity contribution in [1.29, 1.82) is 0 Å². The SMILES string of the molecule is Cc1ccsc1C(C)Nc1c(F)c(F)c(F)c(F)c1F. The van der Waals surface area contributed by atoms with Crippen molar-refractivity contribution < 1.29 is 22.0 Å². The monoisotopic (exact) mass is 307 g/mol. The third-order valence-electron chi connectivity index (χ3n) is 2.87.